The second-order valence-corrected chi connectivity index (χ2v) is 5.53. The zero-order chi connectivity index (χ0) is 15.2. The van der Waals surface area contributed by atoms with Crippen molar-refractivity contribution in [3.63, 3.8) is 0 Å². The quantitative estimate of drug-likeness (QED) is 0.819. The Bertz CT molecular complexity index is 612. The predicted molar refractivity (Wildman–Crippen MR) is 88.1 cm³/mol. The molecule has 2 heterocycles. The lowest BCUT2D eigenvalue weighted by Crippen LogP contribution is -2.36. The first kappa shape index (κ1) is 15.5. The summed E-state index contributed by atoms with van der Waals surface area (Å²) in [5, 5.41) is 8.82. The molecule has 7 heteroatoms. The molecular formula is C14H21N5OS. The van der Waals surface area contributed by atoms with E-state index in [1.165, 1.54) is 0 Å². The van der Waals surface area contributed by atoms with Gasteiger partial charge in [-0.25, -0.2) is 4.98 Å². The van der Waals surface area contributed by atoms with Crippen LogP contribution in [0.1, 0.15) is 20.3 Å². The number of amides is 1. The van der Waals surface area contributed by atoms with Crippen molar-refractivity contribution < 1.29 is 4.79 Å². The number of nitrogens with one attached hydrogen (secondary N) is 2. The lowest BCUT2D eigenvalue weighted by molar-refractivity contribution is -0.119. The van der Waals surface area contributed by atoms with E-state index in [2.05, 4.69) is 27.5 Å². The highest BCUT2D eigenvalue weighted by Crippen LogP contribution is 2.29. The smallest absolute Gasteiger partial charge is 0.239 e. The van der Waals surface area contributed by atoms with Gasteiger partial charge in [0.15, 0.2) is 0 Å². The predicted octanol–water partition coefficient (Wildman–Crippen LogP) is 2.09. The summed E-state index contributed by atoms with van der Waals surface area (Å²) < 4.78 is 0. The van der Waals surface area contributed by atoms with Crippen molar-refractivity contribution in [3.05, 3.63) is 11.4 Å². The molecule has 2 aromatic heterocycles. The Kier molecular flexibility index (Phi) is 5.32. The molecule has 0 saturated heterocycles. The summed E-state index contributed by atoms with van der Waals surface area (Å²) in [6, 6.07) is 2.01. The Hall–Kier alpha value is -1.89. The van der Waals surface area contributed by atoms with Crippen LogP contribution in [-0.4, -0.2) is 42.6 Å². The molecule has 0 aliphatic heterocycles. The Labute approximate surface area is 128 Å². The van der Waals surface area contributed by atoms with Gasteiger partial charge in [0.2, 0.25) is 11.9 Å². The van der Waals surface area contributed by atoms with Gasteiger partial charge >= 0.3 is 0 Å². The van der Waals surface area contributed by atoms with Crippen molar-refractivity contribution in [1.29, 1.82) is 0 Å². The third-order valence-electron chi connectivity index (χ3n) is 3.05. The van der Waals surface area contributed by atoms with Gasteiger partial charge in [0.05, 0.1) is 11.9 Å². The average molecular weight is 307 g/mol. The van der Waals surface area contributed by atoms with E-state index in [0.29, 0.717) is 12.5 Å². The highest BCUT2D eigenvalue weighted by atomic mass is 32.1. The summed E-state index contributed by atoms with van der Waals surface area (Å²) >= 11 is 1.58. The van der Waals surface area contributed by atoms with Crippen molar-refractivity contribution in [1.82, 2.24) is 15.3 Å². The summed E-state index contributed by atoms with van der Waals surface area (Å²) in [6.07, 6.45) is 0.948. The Morgan fingerprint density at radius 2 is 2.19 bits per heavy atom. The van der Waals surface area contributed by atoms with E-state index < -0.39 is 0 Å². The molecule has 0 radical (unpaired) electrons. The Balaban J connectivity index is 2.43. The number of carbonyl (C=O) groups excluding carboxylic acids is 1. The minimum Gasteiger partial charge on any atom is -0.358 e. The maximum atomic E-state index is 11.7. The molecule has 2 rings (SSSR count). The number of hydrogen-bond donors (Lipinski definition) is 2. The van der Waals surface area contributed by atoms with E-state index in [4.69, 9.17) is 0 Å². The van der Waals surface area contributed by atoms with Crippen molar-refractivity contribution in [3.8, 4) is 0 Å². The maximum Gasteiger partial charge on any atom is 0.239 e. The molecular weight excluding hydrogens is 286 g/mol. The minimum absolute atomic E-state index is 0.0181. The summed E-state index contributed by atoms with van der Waals surface area (Å²) in [7, 11) is 1.65. The number of carbonyl (C=O) groups is 1. The van der Waals surface area contributed by atoms with Crippen molar-refractivity contribution in [2.45, 2.75) is 20.3 Å². The first-order chi connectivity index (χ1) is 10.2. The summed E-state index contributed by atoms with van der Waals surface area (Å²) in [6.45, 7) is 5.95. The molecule has 114 valence electrons. The molecule has 1 amide bonds. The molecule has 0 aliphatic carbocycles. The monoisotopic (exact) mass is 307 g/mol. The van der Waals surface area contributed by atoms with E-state index in [-0.39, 0.29) is 5.91 Å². The Morgan fingerprint density at radius 3 is 2.86 bits per heavy atom. The van der Waals surface area contributed by atoms with Gasteiger partial charge in [-0.15, -0.1) is 11.3 Å². The van der Waals surface area contributed by atoms with Crippen LogP contribution in [0.3, 0.4) is 0 Å². The lowest BCUT2D eigenvalue weighted by Gasteiger charge is -2.23. The fourth-order valence-electron chi connectivity index (χ4n) is 2.10. The number of thiophene rings is 1. The maximum absolute atomic E-state index is 11.7. The number of aromatic nitrogens is 2. The van der Waals surface area contributed by atoms with Crippen LogP contribution < -0.4 is 15.5 Å². The summed E-state index contributed by atoms with van der Waals surface area (Å²) in [5.74, 6) is 1.42. The van der Waals surface area contributed by atoms with Crippen LogP contribution in [0.15, 0.2) is 11.4 Å². The molecule has 2 N–H and O–H groups in total. The molecule has 0 unspecified atom stereocenters. The first-order valence-corrected chi connectivity index (χ1v) is 8.02. The van der Waals surface area contributed by atoms with E-state index in [9.17, 15) is 4.79 Å². The van der Waals surface area contributed by atoms with Crippen molar-refractivity contribution in [2.24, 2.45) is 0 Å². The second kappa shape index (κ2) is 7.21. The van der Waals surface area contributed by atoms with Crippen molar-refractivity contribution >= 4 is 39.2 Å². The molecule has 0 fully saturated rings. The van der Waals surface area contributed by atoms with Gasteiger partial charge in [-0.1, -0.05) is 6.92 Å². The first-order valence-electron chi connectivity index (χ1n) is 7.14. The van der Waals surface area contributed by atoms with Crippen LogP contribution in [0.4, 0.5) is 11.8 Å². The molecule has 0 atom stereocenters. The van der Waals surface area contributed by atoms with Crippen LogP contribution in [0.2, 0.25) is 0 Å². The van der Waals surface area contributed by atoms with Gasteiger partial charge in [0, 0.05) is 20.1 Å². The largest absolute Gasteiger partial charge is 0.358 e. The zero-order valence-electron chi connectivity index (χ0n) is 12.6. The third kappa shape index (κ3) is 3.60. The number of nitrogens with zero attached hydrogens (tertiary/aromatic N) is 3. The van der Waals surface area contributed by atoms with E-state index in [1.807, 2.05) is 23.3 Å². The van der Waals surface area contributed by atoms with Crippen LogP contribution in [0.25, 0.3) is 10.2 Å². The highest BCUT2D eigenvalue weighted by Gasteiger charge is 2.17. The van der Waals surface area contributed by atoms with Gasteiger partial charge in [-0.2, -0.15) is 4.98 Å². The molecule has 0 spiro atoms. The van der Waals surface area contributed by atoms with Crippen LogP contribution >= 0.6 is 11.3 Å². The number of hydrogen-bond acceptors (Lipinski definition) is 6. The fraction of sp³-hybridized carbons (Fsp3) is 0.500. The van der Waals surface area contributed by atoms with E-state index in [0.717, 1.165) is 35.5 Å². The molecule has 0 bridgehead atoms. The molecule has 0 saturated carbocycles. The highest BCUT2D eigenvalue weighted by molar-refractivity contribution is 7.16. The third-order valence-corrected chi connectivity index (χ3v) is 3.85. The van der Waals surface area contributed by atoms with Gasteiger partial charge < -0.3 is 15.5 Å². The SMILES string of the molecule is CCCN(CC(=O)NC)c1nc(NCC)nc2sccc12. The van der Waals surface area contributed by atoms with Gasteiger partial charge in [-0.05, 0) is 24.8 Å². The lowest BCUT2D eigenvalue weighted by atomic mass is 10.3. The second-order valence-electron chi connectivity index (χ2n) is 4.64. The van der Waals surface area contributed by atoms with E-state index in [1.54, 1.807) is 18.4 Å². The topological polar surface area (TPSA) is 70.2 Å². The molecule has 0 aromatic carbocycles. The fourth-order valence-corrected chi connectivity index (χ4v) is 2.86. The number of rotatable bonds is 7. The van der Waals surface area contributed by atoms with Gasteiger partial charge in [0.1, 0.15) is 10.6 Å². The van der Waals surface area contributed by atoms with Crippen LogP contribution in [-0.2, 0) is 4.79 Å². The number of anilines is 2. The average Bonchev–Trinajstić information content (AvgIpc) is 2.94. The van der Waals surface area contributed by atoms with E-state index >= 15 is 0 Å². The minimum atomic E-state index is -0.0181. The van der Waals surface area contributed by atoms with Crippen LogP contribution in [0, 0.1) is 0 Å². The van der Waals surface area contributed by atoms with Gasteiger partial charge in [-0.3, -0.25) is 4.79 Å². The molecule has 0 aliphatic rings. The summed E-state index contributed by atoms with van der Waals surface area (Å²) in [5.41, 5.74) is 0. The Morgan fingerprint density at radius 1 is 1.38 bits per heavy atom. The number of fused-ring (bicyclic) bond motifs is 1. The standard InChI is InChI=1S/C14H21N5OS/c1-4-7-19(9-11(20)15-3)12-10-6-8-21-13(10)18-14(17-12)16-5-2/h6,8H,4-5,7,9H2,1-3H3,(H,15,20)(H,16,17,18). The molecule has 21 heavy (non-hydrogen) atoms. The van der Waals surface area contributed by atoms with Gasteiger partial charge in [0.25, 0.3) is 0 Å². The van der Waals surface area contributed by atoms with Crippen LogP contribution in [0.5, 0.6) is 0 Å². The zero-order valence-corrected chi connectivity index (χ0v) is 13.5. The molecule has 6 nitrogen and oxygen atoms in total. The normalized spacial score (nSPS) is 10.6. The number of likely N-dealkylation sites (N-methyl/N-ethyl adjacent to an activating group) is 1. The van der Waals surface area contributed by atoms with Crippen molar-refractivity contribution in [2.75, 3.05) is 36.9 Å². The molecule has 2 aromatic rings. The summed E-state index contributed by atoms with van der Waals surface area (Å²) in [4.78, 5) is 23.8.